The number of hydrogen-bond donors (Lipinski definition) is 1. The minimum atomic E-state index is 0.139. The molecule has 90 valence electrons. The van der Waals surface area contributed by atoms with Crippen molar-refractivity contribution >= 4 is 11.3 Å². The Balaban J connectivity index is 2.32. The van der Waals surface area contributed by atoms with Gasteiger partial charge in [0.25, 0.3) is 0 Å². The van der Waals surface area contributed by atoms with Crippen LogP contribution < -0.4 is 5.32 Å². The zero-order chi connectivity index (χ0) is 11.6. The molecule has 0 radical (unpaired) electrons. The van der Waals surface area contributed by atoms with Crippen molar-refractivity contribution in [3.05, 3.63) is 16.6 Å². The van der Waals surface area contributed by atoms with Crippen LogP contribution in [0.15, 0.2) is 11.6 Å². The van der Waals surface area contributed by atoms with Crippen LogP contribution in [-0.2, 0) is 5.54 Å². The van der Waals surface area contributed by atoms with E-state index in [0.717, 1.165) is 12.5 Å². The van der Waals surface area contributed by atoms with Gasteiger partial charge in [0.15, 0.2) is 0 Å². The molecular formula is C13H22N2S. The van der Waals surface area contributed by atoms with E-state index in [1.807, 2.05) is 6.20 Å². The second-order valence-electron chi connectivity index (χ2n) is 5.13. The molecule has 0 aliphatic heterocycles. The van der Waals surface area contributed by atoms with Crippen molar-refractivity contribution in [2.45, 2.75) is 45.6 Å². The molecule has 1 aliphatic rings. The largest absolute Gasteiger partial charge is 0.305 e. The first kappa shape index (κ1) is 12.1. The summed E-state index contributed by atoms with van der Waals surface area (Å²) < 4.78 is 0. The van der Waals surface area contributed by atoms with Crippen LogP contribution in [0, 0.1) is 11.8 Å². The Hall–Kier alpha value is -0.410. The fourth-order valence-corrected chi connectivity index (χ4v) is 3.95. The average Bonchev–Trinajstić information content (AvgIpc) is 2.77. The summed E-state index contributed by atoms with van der Waals surface area (Å²) in [6.45, 7) is 7.96. The Labute approximate surface area is 102 Å². The highest BCUT2D eigenvalue weighted by Gasteiger charge is 2.43. The molecule has 1 N–H and O–H groups in total. The van der Waals surface area contributed by atoms with Crippen molar-refractivity contribution in [3.63, 3.8) is 0 Å². The second kappa shape index (κ2) is 4.84. The lowest BCUT2D eigenvalue weighted by molar-refractivity contribution is 0.120. The van der Waals surface area contributed by atoms with Gasteiger partial charge in [0.05, 0.1) is 5.54 Å². The molecular weight excluding hydrogens is 216 g/mol. The van der Waals surface area contributed by atoms with Gasteiger partial charge in [0.2, 0.25) is 0 Å². The Bertz CT molecular complexity index is 323. The molecule has 3 atom stereocenters. The van der Waals surface area contributed by atoms with Gasteiger partial charge >= 0.3 is 0 Å². The van der Waals surface area contributed by atoms with E-state index in [0.29, 0.717) is 5.92 Å². The average molecular weight is 238 g/mol. The molecule has 0 bridgehead atoms. The summed E-state index contributed by atoms with van der Waals surface area (Å²) in [5.74, 6) is 1.49. The van der Waals surface area contributed by atoms with E-state index >= 15 is 0 Å². The first-order valence-corrected chi connectivity index (χ1v) is 7.22. The predicted molar refractivity (Wildman–Crippen MR) is 69.6 cm³/mol. The summed E-state index contributed by atoms with van der Waals surface area (Å²) in [6, 6.07) is 0. The smallest absolute Gasteiger partial charge is 0.113 e. The maximum absolute atomic E-state index is 4.57. The molecule has 1 fully saturated rings. The second-order valence-corrected chi connectivity index (χ2v) is 6.02. The van der Waals surface area contributed by atoms with E-state index < -0.39 is 0 Å². The summed E-state index contributed by atoms with van der Waals surface area (Å²) in [5.41, 5.74) is 0.139. The van der Waals surface area contributed by atoms with E-state index in [-0.39, 0.29) is 5.54 Å². The summed E-state index contributed by atoms with van der Waals surface area (Å²) in [5, 5.41) is 7.11. The fraction of sp³-hybridized carbons (Fsp3) is 0.769. The van der Waals surface area contributed by atoms with Crippen LogP contribution in [0.4, 0.5) is 0 Å². The molecule has 1 heterocycles. The van der Waals surface area contributed by atoms with Gasteiger partial charge < -0.3 is 5.32 Å². The van der Waals surface area contributed by atoms with E-state index in [9.17, 15) is 0 Å². The minimum Gasteiger partial charge on any atom is -0.305 e. The van der Waals surface area contributed by atoms with Crippen molar-refractivity contribution < 1.29 is 0 Å². The highest BCUT2D eigenvalue weighted by Crippen LogP contribution is 2.44. The van der Waals surface area contributed by atoms with Crippen molar-refractivity contribution in [2.24, 2.45) is 11.8 Å². The van der Waals surface area contributed by atoms with Gasteiger partial charge in [-0.2, -0.15) is 0 Å². The lowest BCUT2D eigenvalue weighted by Gasteiger charge is -2.44. The third-order valence-electron chi connectivity index (χ3n) is 3.91. The SMILES string of the molecule is CCNC1(c2nccs2)CC(C)CCC1C. The van der Waals surface area contributed by atoms with Crippen LogP contribution in [0.1, 0.15) is 45.0 Å². The third-order valence-corrected chi connectivity index (χ3v) is 4.86. The molecule has 0 saturated heterocycles. The molecule has 1 aromatic heterocycles. The molecule has 1 saturated carbocycles. The van der Waals surface area contributed by atoms with E-state index in [1.54, 1.807) is 11.3 Å². The molecule has 16 heavy (non-hydrogen) atoms. The number of aromatic nitrogens is 1. The highest BCUT2D eigenvalue weighted by atomic mass is 32.1. The molecule has 3 unspecified atom stereocenters. The van der Waals surface area contributed by atoms with Gasteiger partial charge in [-0.1, -0.05) is 27.2 Å². The molecule has 1 aromatic rings. The van der Waals surface area contributed by atoms with Crippen molar-refractivity contribution in [1.82, 2.24) is 10.3 Å². The molecule has 2 nitrogen and oxygen atoms in total. The Kier molecular flexibility index (Phi) is 3.65. The summed E-state index contributed by atoms with van der Waals surface area (Å²) in [7, 11) is 0. The zero-order valence-electron chi connectivity index (χ0n) is 10.5. The van der Waals surface area contributed by atoms with Gasteiger partial charge in [0.1, 0.15) is 5.01 Å². The standard InChI is InChI=1S/C13H22N2S/c1-4-15-13(12-14-7-8-16-12)9-10(2)5-6-11(13)3/h7-8,10-11,15H,4-6,9H2,1-3H3. The van der Waals surface area contributed by atoms with Gasteiger partial charge in [-0.3, -0.25) is 0 Å². The van der Waals surface area contributed by atoms with Gasteiger partial charge in [0, 0.05) is 11.6 Å². The molecule has 0 amide bonds. The maximum atomic E-state index is 4.57. The molecule has 2 rings (SSSR count). The normalized spacial score (nSPS) is 35.2. The number of hydrogen-bond acceptors (Lipinski definition) is 3. The monoisotopic (exact) mass is 238 g/mol. The van der Waals surface area contributed by atoms with Crippen molar-refractivity contribution in [1.29, 1.82) is 0 Å². The summed E-state index contributed by atoms with van der Waals surface area (Å²) >= 11 is 1.80. The quantitative estimate of drug-likeness (QED) is 0.873. The van der Waals surface area contributed by atoms with Crippen molar-refractivity contribution in [3.8, 4) is 0 Å². The zero-order valence-corrected chi connectivity index (χ0v) is 11.3. The van der Waals surface area contributed by atoms with Gasteiger partial charge in [-0.05, 0) is 31.2 Å². The lowest BCUT2D eigenvalue weighted by atomic mass is 9.70. The molecule has 0 aromatic carbocycles. The molecule has 3 heteroatoms. The van der Waals surface area contributed by atoms with E-state index in [4.69, 9.17) is 0 Å². The number of thiazole rings is 1. The lowest BCUT2D eigenvalue weighted by Crippen LogP contribution is -2.50. The first-order chi connectivity index (χ1) is 7.69. The summed E-state index contributed by atoms with van der Waals surface area (Å²) in [6.07, 6.45) is 5.84. The fourth-order valence-electron chi connectivity index (χ4n) is 3.01. The van der Waals surface area contributed by atoms with Crippen LogP contribution in [0.2, 0.25) is 0 Å². The number of rotatable bonds is 3. The Morgan fingerprint density at radius 3 is 2.94 bits per heavy atom. The Morgan fingerprint density at radius 2 is 2.31 bits per heavy atom. The minimum absolute atomic E-state index is 0.139. The van der Waals surface area contributed by atoms with E-state index in [1.165, 1.54) is 24.3 Å². The predicted octanol–water partition coefficient (Wildman–Crippen LogP) is 3.40. The van der Waals surface area contributed by atoms with Crippen LogP contribution in [0.5, 0.6) is 0 Å². The first-order valence-electron chi connectivity index (χ1n) is 6.34. The van der Waals surface area contributed by atoms with Crippen LogP contribution >= 0.6 is 11.3 Å². The van der Waals surface area contributed by atoms with Crippen molar-refractivity contribution in [2.75, 3.05) is 6.54 Å². The van der Waals surface area contributed by atoms with E-state index in [2.05, 4.69) is 36.5 Å². The van der Waals surface area contributed by atoms with Gasteiger partial charge in [-0.15, -0.1) is 11.3 Å². The van der Waals surface area contributed by atoms with Gasteiger partial charge in [-0.25, -0.2) is 4.98 Å². The number of nitrogens with one attached hydrogen (secondary N) is 1. The topological polar surface area (TPSA) is 24.9 Å². The van der Waals surface area contributed by atoms with Crippen LogP contribution in [0.3, 0.4) is 0 Å². The highest BCUT2D eigenvalue weighted by molar-refractivity contribution is 7.09. The number of nitrogens with zero attached hydrogens (tertiary/aromatic N) is 1. The summed E-state index contributed by atoms with van der Waals surface area (Å²) in [4.78, 5) is 4.57. The maximum Gasteiger partial charge on any atom is 0.113 e. The molecule has 0 spiro atoms. The Morgan fingerprint density at radius 1 is 1.50 bits per heavy atom. The van der Waals surface area contributed by atoms with Crippen LogP contribution in [0.25, 0.3) is 0 Å². The van der Waals surface area contributed by atoms with Crippen LogP contribution in [-0.4, -0.2) is 11.5 Å². The molecule has 1 aliphatic carbocycles. The third kappa shape index (κ3) is 2.03.